The van der Waals surface area contributed by atoms with Crippen LogP contribution in [0, 0.1) is 11.3 Å². The third kappa shape index (κ3) is 5.33. The van der Waals surface area contributed by atoms with Gasteiger partial charge in [-0.2, -0.15) is 31.6 Å². The zero-order valence-electron chi connectivity index (χ0n) is 20.8. The first-order valence-corrected chi connectivity index (χ1v) is 12.0. The summed E-state index contributed by atoms with van der Waals surface area (Å²) in [5.74, 6) is -0.436. The van der Waals surface area contributed by atoms with Crippen LogP contribution in [-0.4, -0.2) is 34.6 Å². The van der Waals surface area contributed by atoms with Gasteiger partial charge in [0.2, 0.25) is 0 Å². The molecule has 210 valence electrons. The van der Waals surface area contributed by atoms with Gasteiger partial charge in [0.1, 0.15) is 16.9 Å². The van der Waals surface area contributed by atoms with Crippen LogP contribution in [0.4, 0.5) is 32.0 Å². The van der Waals surface area contributed by atoms with Crippen molar-refractivity contribution in [3.05, 3.63) is 69.6 Å². The predicted molar refractivity (Wildman–Crippen MR) is 135 cm³/mol. The van der Waals surface area contributed by atoms with E-state index in [0.29, 0.717) is 12.1 Å². The van der Waals surface area contributed by atoms with Gasteiger partial charge in [-0.1, -0.05) is 0 Å². The van der Waals surface area contributed by atoms with E-state index < -0.39 is 46.1 Å². The van der Waals surface area contributed by atoms with Crippen molar-refractivity contribution in [2.24, 2.45) is 0 Å². The van der Waals surface area contributed by atoms with E-state index in [4.69, 9.17) is 26.6 Å². The molecule has 14 heteroatoms. The molecule has 1 saturated heterocycles. The zero-order chi connectivity index (χ0) is 29.6. The Hall–Kier alpha value is -4.12. The number of anilines is 1. The first kappa shape index (κ1) is 28.9. The van der Waals surface area contributed by atoms with Gasteiger partial charge in [0.25, 0.3) is 5.91 Å². The maximum atomic E-state index is 13.5. The molecule has 0 atom stereocenters. The molecular weight excluding hydrogens is 564 g/mol. The first-order valence-electron chi connectivity index (χ1n) is 11.6. The van der Waals surface area contributed by atoms with Gasteiger partial charge in [0, 0.05) is 24.1 Å². The van der Waals surface area contributed by atoms with Crippen molar-refractivity contribution >= 4 is 39.9 Å². The molecule has 1 aromatic heterocycles. The highest BCUT2D eigenvalue weighted by molar-refractivity contribution is 7.80. The maximum Gasteiger partial charge on any atom is 0.417 e. The van der Waals surface area contributed by atoms with Gasteiger partial charge in [-0.25, -0.2) is 4.79 Å². The average Bonchev–Trinajstić information content (AvgIpc) is 3.03. The molecule has 1 fully saturated rings. The molecule has 0 radical (unpaired) electrons. The summed E-state index contributed by atoms with van der Waals surface area (Å²) >= 11 is 5.43. The highest BCUT2D eigenvalue weighted by atomic mass is 32.1. The number of carbonyl (C=O) groups excluding carboxylic acids is 1. The Bertz CT molecular complexity index is 1610. The standard InChI is InChI=1S/C26H19F6N3O4S/c1-24(2)22(37)35(15-5-4-14(13-33)18(10-15)25(27,28)29)23(40)34(24)8-3-9-38-16-6-7-17-19(26(30,31)32)12-21(36)39-20(17)11-16/h4-7,10-12H,3,8-9H2,1-2H3. The number of carbonyl (C=O) groups is 1. The van der Waals surface area contributed by atoms with Gasteiger partial charge < -0.3 is 14.1 Å². The van der Waals surface area contributed by atoms with Crippen molar-refractivity contribution in [2.45, 2.75) is 38.2 Å². The number of ether oxygens (including phenoxy) is 1. The Morgan fingerprint density at radius 1 is 1.00 bits per heavy atom. The number of thiocarbonyl (C=S) groups is 1. The quantitative estimate of drug-likeness (QED) is 0.155. The predicted octanol–water partition coefficient (Wildman–Crippen LogP) is 5.88. The summed E-state index contributed by atoms with van der Waals surface area (Å²) in [6.07, 6.45) is -9.32. The average molecular weight is 584 g/mol. The Kier molecular flexibility index (Phi) is 7.31. The zero-order valence-corrected chi connectivity index (χ0v) is 21.6. The van der Waals surface area contributed by atoms with Crippen LogP contribution in [0.1, 0.15) is 37.0 Å². The largest absolute Gasteiger partial charge is 0.493 e. The van der Waals surface area contributed by atoms with Crippen molar-refractivity contribution in [1.29, 1.82) is 5.26 Å². The molecule has 0 saturated carbocycles. The fourth-order valence-corrected chi connectivity index (χ4v) is 4.83. The highest BCUT2D eigenvalue weighted by Gasteiger charge is 2.49. The lowest BCUT2D eigenvalue weighted by atomic mass is 10.0. The lowest BCUT2D eigenvalue weighted by Crippen LogP contribution is -2.44. The van der Waals surface area contributed by atoms with Crippen LogP contribution in [0.5, 0.6) is 5.75 Å². The number of alkyl halides is 6. The summed E-state index contributed by atoms with van der Waals surface area (Å²) in [6.45, 7) is 3.28. The third-order valence-corrected chi connectivity index (χ3v) is 6.73. The molecule has 2 heterocycles. The number of nitrogens with zero attached hydrogens (tertiary/aromatic N) is 3. The van der Waals surface area contributed by atoms with Crippen molar-refractivity contribution in [3.8, 4) is 11.8 Å². The Morgan fingerprint density at radius 2 is 1.68 bits per heavy atom. The molecule has 2 aromatic carbocycles. The second-order valence-corrected chi connectivity index (χ2v) is 9.68. The van der Waals surface area contributed by atoms with E-state index in [0.717, 1.165) is 23.1 Å². The molecule has 1 aliphatic rings. The fourth-order valence-electron chi connectivity index (χ4n) is 4.32. The van der Waals surface area contributed by atoms with E-state index >= 15 is 0 Å². The van der Waals surface area contributed by atoms with E-state index in [2.05, 4.69) is 0 Å². The van der Waals surface area contributed by atoms with Crippen molar-refractivity contribution in [3.63, 3.8) is 0 Å². The van der Waals surface area contributed by atoms with Crippen LogP contribution < -0.4 is 15.3 Å². The van der Waals surface area contributed by atoms with E-state index in [1.807, 2.05) is 0 Å². The second kappa shape index (κ2) is 10.1. The lowest BCUT2D eigenvalue weighted by molar-refractivity contribution is -0.138. The molecule has 40 heavy (non-hydrogen) atoms. The van der Waals surface area contributed by atoms with Crippen LogP contribution >= 0.6 is 12.2 Å². The number of halogens is 6. The monoisotopic (exact) mass is 583 g/mol. The number of rotatable bonds is 6. The minimum absolute atomic E-state index is 0.0210. The van der Waals surface area contributed by atoms with Crippen LogP contribution in [-0.2, 0) is 17.1 Å². The minimum atomic E-state index is -4.82. The van der Waals surface area contributed by atoms with Crippen LogP contribution in [0.3, 0.4) is 0 Å². The lowest BCUT2D eigenvalue weighted by Gasteiger charge is -2.29. The van der Waals surface area contributed by atoms with Gasteiger partial charge in [-0.05, 0) is 62.8 Å². The van der Waals surface area contributed by atoms with Gasteiger partial charge >= 0.3 is 18.0 Å². The normalized spacial score (nSPS) is 15.6. The van der Waals surface area contributed by atoms with E-state index in [1.165, 1.54) is 23.1 Å². The van der Waals surface area contributed by atoms with Crippen molar-refractivity contribution < 1.29 is 40.3 Å². The fraction of sp³-hybridized carbons (Fsp3) is 0.308. The SMILES string of the molecule is CC1(C)C(=O)N(c2ccc(C#N)c(C(F)(F)F)c2)C(=S)N1CCCOc1ccc2c(C(F)(F)F)cc(=O)oc2c1. The minimum Gasteiger partial charge on any atom is -0.493 e. The summed E-state index contributed by atoms with van der Waals surface area (Å²) in [5.41, 5.74) is -5.74. The molecule has 0 unspecified atom stereocenters. The molecule has 4 rings (SSSR count). The van der Waals surface area contributed by atoms with Gasteiger partial charge in [-0.15, -0.1) is 0 Å². The Balaban J connectivity index is 1.48. The van der Waals surface area contributed by atoms with Gasteiger partial charge in [0.15, 0.2) is 5.11 Å². The first-order chi connectivity index (χ1) is 18.6. The van der Waals surface area contributed by atoms with Crippen molar-refractivity contribution in [2.75, 3.05) is 18.1 Å². The van der Waals surface area contributed by atoms with Crippen molar-refractivity contribution in [1.82, 2.24) is 4.90 Å². The second-order valence-electron chi connectivity index (χ2n) is 9.31. The van der Waals surface area contributed by atoms with E-state index in [9.17, 15) is 35.9 Å². The Labute approximate surface area is 228 Å². The molecule has 0 aliphatic carbocycles. The summed E-state index contributed by atoms with van der Waals surface area (Å²) in [4.78, 5) is 27.3. The summed E-state index contributed by atoms with van der Waals surface area (Å²) < 4.78 is 90.6. The molecule has 1 aliphatic heterocycles. The smallest absolute Gasteiger partial charge is 0.417 e. The molecule has 1 amide bonds. The van der Waals surface area contributed by atoms with E-state index in [-0.39, 0.29) is 47.1 Å². The number of fused-ring (bicyclic) bond motifs is 1. The van der Waals surface area contributed by atoms with E-state index in [1.54, 1.807) is 13.8 Å². The van der Waals surface area contributed by atoms with Gasteiger partial charge in [0.05, 0.1) is 35.1 Å². The highest BCUT2D eigenvalue weighted by Crippen LogP contribution is 2.38. The summed E-state index contributed by atoms with van der Waals surface area (Å²) in [7, 11) is 0. The molecular formula is C26H19F6N3O4S. The summed E-state index contributed by atoms with van der Waals surface area (Å²) in [6, 6.07) is 8.31. The maximum absolute atomic E-state index is 13.5. The Morgan fingerprint density at radius 3 is 2.30 bits per heavy atom. The molecule has 0 spiro atoms. The van der Waals surface area contributed by atoms with Crippen LogP contribution in [0.25, 0.3) is 11.0 Å². The molecule has 7 nitrogen and oxygen atoms in total. The number of hydrogen-bond acceptors (Lipinski definition) is 6. The van der Waals surface area contributed by atoms with Crippen LogP contribution in [0.2, 0.25) is 0 Å². The van der Waals surface area contributed by atoms with Crippen LogP contribution in [0.15, 0.2) is 51.7 Å². The summed E-state index contributed by atoms with van der Waals surface area (Å²) in [5, 5.41) is 8.69. The number of benzene rings is 2. The third-order valence-electron chi connectivity index (χ3n) is 6.33. The molecule has 0 N–H and O–H groups in total. The number of nitriles is 1. The molecule has 0 bridgehead atoms. The van der Waals surface area contributed by atoms with Gasteiger partial charge in [-0.3, -0.25) is 9.69 Å². The molecule has 3 aromatic rings. The number of hydrogen-bond donors (Lipinski definition) is 0. The topological polar surface area (TPSA) is 86.8 Å². The number of amides is 1.